The van der Waals surface area contributed by atoms with E-state index in [-0.39, 0.29) is 10.8 Å². The van der Waals surface area contributed by atoms with Crippen LogP contribution in [0.4, 0.5) is 42.1 Å². The van der Waals surface area contributed by atoms with Crippen LogP contribution < -0.4 is 20.1 Å². The minimum absolute atomic E-state index is 0.0299. The molecular formula is C20H19F7N2O2S. The average Bonchev–Trinajstić information content (AvgIpc) is 2.66. The summed E-state index contributed by atoms with van der Waals surface area (Å²) < 4.78 is 97.7. The van der Waals surface area contributed by atoms with E-state index < -0.39 is 43.2 Å². The van der Waals surface area contributed by atoms with Crippen molar-refractivity contribution >= 4 is 28.7 Å². The zero-order chi connectivity index (χ0) is 24.1. The van der Waals surface area contributed by atoms with Gasteiger partial charge in [0.25, 0.3) is 0 Å². The molecule has 0 heterocycles. The van der Waals surface area contributed by atoms with E-state index in [0.717, 1.165) is 29.3 Å². The normalized spacial score (nSPS) is 11.9. The van der Waals surface area contributed by atoms with Gasteiger partial charge < -0.3 is 20.1 Å². The highest BCUT2D eigenvalue weighted by Gasteiger charge is 2.41. The number of hydrogen-bond acceptors (Lipinski definition) is 3. The van der Waals surface area contributed by atoms with Crippen LogP contribution in [0.25, 0.3) is 0 Å². The summed E-state index contributed by atoms with van der Waals surface area (Å²) in [4.78, 5) is 0. The lowest BCUT2D eigenvalue weighted by Gasteiger charge is -2.18. The van der Waals surface area contributed by atoms with Crippen LogP contribution in [-0.4, -0.2) is 36.9 Å². The highest BCUT2D eigenvalue weighted by Crippen LogP contribution is 2.30. The highest BCUT2D eigenvalue weighted by molar-refractivity contribution is 7.80. The molecule has 0 aliphatic carbocycles. The summed E-state index contributed by atoms with van der Waals surface area (Å²) in [7, 11) is 0. The van der Waals surface area contributed by atoms with Crippen LogP contribution in [0, 0.1) is 13.8 Å². The van der Waals surface area contributed by atoms with Gasteiger partial charge >= 0.3 is 18.5 Å². The molecule has 2 aromatic carbocycles. The number of halogens is 7. The predicted octanol–water partition coefficient (Wildman–Crippen LogP) is 6.33. The van der Waals surface area contributed by atoms with Gasteiger partial charge in [0.15, 0.2) is 18.3 Å². The Labute approximate surface area is 184 Å². The summed E-state index contributed by atoms with van der Waals surface area (Å²) in [5.74, 6) is -5.25. The van der Waals surface area contributed by atoms with Crippen molar-refractivity contribution in [3.63, 3.8) is 0 Å². The Kier molecular flexibility index (Phi) is 8.16. The number of thiocarbonyl (C=S) groups is 1. The number of aryl methyl sites for hydroxylation is 2. The summed E-state index contributed by atoms with van der Waals surface area (Å²) in [5.41, 5.74) is 2.58. The van der Waals surface area contributed by atoms with Gasteiger partial charge in [0.1, 0.15) is 11.5 Å². The molecular weight excluding hydrogens is 465 g/mol. The SMILES string of the molecule is Cc1ccc(NC(=S)Nc2cc(OCC(F)(F)F)cc(OCC(F)(F)C(F)F)c2)c(C)c1. The lowest BCUT2D eigenvalue weighted by Crippen LogP contribution is -2.33. The number of nitrogens with one attached hydrogen (secondary N) is 2. The Balaban J connectivity index is 2.20. The molecule has 0 aliphatic rings. The van der Waals surface area contributed by atoms with Crippen molar-refractivity contribution in [2.24, 2.45) is 0 Å². The Bertz CT molecular complexity index is 952. The van der Waals surface area contributed by atoms with Gasteiger partial charge in [0, 0.05) is 29.6 Å². The molecule has 4 nitrogen and oxygen atoms in total. The first-order valence-electron chi connectivity index (χ1n) is 9.04. The maximum atomic E-state index is 13.2. The largest absolute Gasteiger partial charge is 0.487 e. The molecule has 12 heteroatoms. The van der Waals surface area contributed by atoms with E-state index in [0.29, 0.717) is 5.69 Å². The van der Waals surface area contributed by atoms with E-state index in [9.17, 15) is 30.7 Å². The van der Waals surface area contributed by atoms with E-state index in [4.69, 9.17) is 12.2 Å². The van der Waals surface area contributed by atoms with E-state index in [2.05, 4.69) is 20.1 Å². The van der Waals surface area contributed by atoms with E-state index in [1.807, 2.05) is 26.0 Å². The molecule has 0 spiro atoms. The van der Waals surface area contributed by atoms with Crippen molar-refractivity contribution in [1.82, 2.24) is 0 Å². The summed E-state index contributed by atoms with van der Waals surface area (Å²) in [6.45, 7) is 0.393. The minimum atomic E-state index is -4.66. The molecule has 0 aromatic heterocycles. The van der Waals surface area contributed by atoms with E-state index in [1.165, 1.54) is 0 Å². The second-order valence-electron chi connectivity index (χ2n) is 6.84. The molecule has 0 bridgehead atoms. The summed E-state index contributed by atoms with van der Waals surface area (Å²) in [5, 5.41) is 5.60. The summed E-state index contributed by atoms with van der Waals surface area (Å²) >= 11 is 5.18. The third-order valence-electron chi connectivity index (χ3n) is 3.92. The number of ether oxygens (including phenoxy) is 2. The molecule has 2 N–H and O–H groups in total. The van der Waals surface area contributed by atoms with Crippen molar-refractivity contribution in [1.29, 1.82) is 0 Å². The molecule has 0 saturated heterocycles. The topological polar surface area (TPSA) is 42.5 Å². The Morgan fingerprint density at radius 1 is 0.906 bits per heavy atom. The fourth-order valence-electron chi connectivity index (χ4n) is 2.46. The Morgan fingerprint density at radius 2 is 1.50 bits per heavy atom. The van der Waals surface area contributed by atoms with Crippen LogP contribution in [0.5, 0.6) is 11.5 Å². The van der Waals surface area contributed by atoms with Crippen LogP contribution in [0.15, 0.2) is 36.4 Å². The smallest absolute Gasteiger partial charge is 0.422 e. The standard InChI is InChI=1S/C20H19F7N2O2S/c1-11-3-4-16(12(2)5-11)29-18(32)28-13-6-14(30-9-19(23,24)17(21)22)8-15(7-13)31-10-20(25,26)27/h3-8,17H,9-10H2,1-2H3,(H2,28,29,32). The lowest BCUT2D eigenvalue weighted by molar-refractivity contribution is -0.153. The number of rotatable bonds is 8. The molecule has 0 fully saturated rings. The van der Waals surface area contributed by atoms with Gasteiger partial charge in [0.2, 0.25) is 0 Å². The number of benzene rings is 2. The lowest BCUT2D eigenvalue weighted by atomic mass is 10.1. The number of hydrogen-bond donors (Lipinski definition) is 2. The molecule has 0 aliphatic heterocycles. The molecule has 32 heavy (non-hydrogen) atoms. The first-order valence-corrected chi connectivity index (χ1v) is 9.45. The van der Waals surface area contributed by atoms with Crippen molar-refractivity contribution in [3.8, 4) is 11.5 Å². The molecule has 0 saturated carbocycles. The molecule has 0 amide bonds. The molecule has 0 atom stereocenters. The van der Waals surface area contributed by atoms with Gasteiger partial charge in [-0.1, -0.05) is 17.7 Å². The molecule has 2 aromatic rings. The maximum Gasteiger partial charge on any atom is 0.422 e. The van der Waals surface area contributed by atoms with Crippen LogP contribution in [0.2, 0.25) is 0 Å². The van der Waals surface area contributed by atoms with Crippen molar-refractivity contribution in [2.75, 3.05) is 23.8 Å². The van der Waals surface area contributed by atoms with Crippen LogP contribution in [0.1, 0.15) is 11.1 Å². The second kappa shape index (κ2) is 10.2. The van der Waals surface area contributed by atoms with Gasteiger partial charge in [-0.15, -0.1) is 0 Å². The Morgan fingerprint density at radius 3 is 2.03 bits per heavy atom. The van der Waals surface area contributed by atoms with Gasteiger partial charge in [-0.25, -0.2) is 8.78 Å². The van der Waals surface area contributed by atoms with Gasteiger partial charge in [0.05, 0.1) is 0 Å². The maximum absolute atomic E-state index is 13.2. The molecule has 176 valence electrons. The fraction of sp³-hybridized carbons (Fsp3) is 0.350. The third-order valence-corrected chi connectivity index (χ3v) is 4.13. The van der Waals surface area contributed by atoms with Gasteiger partial charge in [-0.3, -0.25) is 0 Å². The van der Waals surface area contributed by atoms with Gasteiger partial charge in [-0.05, 0) is 37.7 Å². The van der Waals surface area contributed by atoms with E-state index >= 15 is 0 Å². The summed E-state index contributed by atoms with van der Waals surface area (Å²) in [6, 6.07) is 8.60. The highest BCUT2D eigenvalue weighted by atomic mass is 32.1. The third kappa shape index (κ3) is 8.06. The fourth-order valence-corrected chi connectivity index (χ4v) is 2.68. The first-order chi connectivity index (χ1) is 14.7. The molecule has 2 rings (SSSR count). The monoisotopic (exact) mass is 484 g/mol. The average molecular weight is 484 g/mol. The van der Waals surface area contributed by atoms with Crippen LogP contribution in [0.3, 0.4) is 0 Å². The quantitative estimate of drug-likeness (QED) is 0.339. The second-order valence-corrected chi connectivity index (χ2v) is 7.25. The first kappa shape index (κ1) is 25.5. The van der Waals surface area contributed by atoms with Crippen LogP contribution in [-0.2, 0) is 0 Å². The van der Waals surface area contributed by atoms with Crippen LogP contribution >= 0.6 is 12.2 Å². The number of anilines is 2. The van der Waals surface area contributed by atoms with Crippen molar-refractivity contribution in [3.05, 3.63) is 47.5 Å². The predicted molar refractivity (Wildman–Crippen MR) is 110 cm³/mol. The molecule has 0 radical (unpaired) electrons. The van der Waals surface area contributed by atoms with Gasteiger partial charge in [-0.2, -0.15) is 22.0 Å². The zero-order valence-electron chi connectivity index (χ0n) is 16.8. The van der Waals surface area contributed by atoms with Crippen molar-refractivity contribution in [2.45, 2.75) is 32.4 Å². The Hall–Kier alpha value is -2.76. The summed E-state index contributed by atoms with van der Waals surface area (Å²) in [6.07, 6.45) is -8.63. The minimum Gasteiger partial charge on any atom is -0.487 e. The number of alkyl halides is 7. The zero-order valence-corrected chi connectivity index (χ0v) is 17.6. The molecule has 0 unspecified atom stereocenters. The van der Waals surface area contributed by atoms with Crippen molar-refractivity contribution < 1.29 is 40.2 Å². The van der Waals surface area contributed by atoms with E-state index in [1.54, 1.807) is 6.07 Å².